The molecule has 2 atom stereocenters. The molecule has 0 bridgehead atoms. The van der Waals surface area contributed by atoms with E-state index in [1.807, 2.05) is 54.6 Å². The number of carbonyl (C=O) groups excluding carboxylic acids is 3. The first-order valence-corrected chi connectivity index (χ1v) is 20.5. The molecule has 288 valence electrons. The summed E-state index contributed by atoms with van der Waals surface area (Å²) in [5, 5.41) is 25.0. The van der Waals surface area contributed by atoms with Crippen molar-refractivity contribution in [3.63, 3.8) is 0 Å². The van der Waals surface area contributed by atoms with Crippen LogP contribution in [0.2, 0.25) is 0 Å². The Morgan fingerprint density at radius 3 is 2.11 bits per heavy atom. The summed E-state index contributed by atoms with van der Waals surface area (Å²) in [5.74, 6) is -0.945. The number of tetrazole rings is 1. The lowest BCUT2D eigenvalue weighted by molar-refractivity contribution is -0.160. The number of aromatic nitrogens is 5. The van der Waals surface area contributed by atoms with Crippen LogP contribution < -0.4 is 10.6 Å². The molecule has 2 aliphatic rings. The average Bonchev–Trinajstić information content (AvgIpc) is 3.85. The summed E-state index contributed by atoms with van der Waals surface area (Å²) in [4.78, 5) is 53.4. The van der Waals surface area contributed by atoms with Crippen molar-refractivity contribution in [2.24, 2.45) is 12.2 Å². The van der Waals surface area contributed by atoms with Crippen LogP contribution >= 0.6 is 34.9 Å². The molecule has 56 heavy (non-hydrogen) atoms. The second-order valence-electron chi connectivity index (χ2n) is 13.8. The molecule has 0 radical (unpaired) electrons. The van der Waals surface area contributed by atoms with Gasteiger partial charge in [-0.2, -0.15) is 0 Å². The number of nitrogens with zero attached hydrogens (tertiary/aromatic N) is 7. The van der Waals surface area contributed by atoms with Gasteiger partial charge in [-0.05, 0) is 47.9 Å². The molecule has 2 N–H and O–H groups in total. The molecule has 2 unspecified atom stereocenters. The van der Waals surface area contributed by atoms with Crippen LogP contribution in [0.1, 0.15) is 43.2 Å². The number of anilines is 1. The molecule has 0 saturated carbocycles. The number of hydrogen-bond donors (Lipinski definition) is 2. The predicted octanol–water partition coefficient (Wildman–Crippen LogP) is 5.21. The lowest BCUT2D eigenvalue weighted by Crippen LogP contribution is -2.73. The molecule has 17 heteroatoms. The van der Waals surface area contributed by atoms with Crippen LogP contribution in [0.4, 0.5) is 5.13 Å². The Kier molecular flexibility index (Phi) is 11.3. The normalized spacial score (nSPS) is 17.2. The smallest absolute Gasteiger partial charge is 0.356 e. The number of thioether (sulfide) groups is 2. The molecule has 5 aromatic rings. The van der Waals surface area contributed by atoms with Crippen molar-refractivity contribution in [2.45, 2.75) is 49.2 Å². The SMILES string of the molecule is CON=C(C(=O)NC1C(=O)N2C(C(=O)OC(C)(C)C)=C(CSc3nnnn3C)SCC12)c1csc(NC(c2ccccc2)(c2ccccc2)c2ccccc2)n1. The number of nitrogens with one attached hydrogen (secondary N) is 2. The van der Waals surface area contributed by atoms with E-state index in [4.69, 9.17) is 14.6 Å². The number of fused-ring (bicyclic) bond motifs is 1. The van der Waals surface area contributed by atoms with Gasteiger partial charge in [-0.15, -0.1) is 28.2 Å². The van der Waals surface area contributed by atoms with Gasteiger partial charge in [0.2, 0.25) is 5.16 Å². The van der Waals surface area contributed by atoms with Crippen LogP contribution in [-0.2, 0) is 36.5 Å². The lowest BCUT2D eigenvalue weighted by Gasteiger charge is -2.50. The van der Waals surface area contributed by atoms with Gasteiger partial charge in [-0.1, -0.05) is 108 Å². The van der Waals surface area contributed by atoms with Crippen LogP contribution in [-0.4, -0.2) is 89.9 Å². The zero-order valence-electron chi connectivity index (χ0n) is 31.2. The van der Waals surface area contributed by atoms with Gasteiger partial charge < -0.3 is 20.2 Å². The summed E-state index contributed by atoms with van der Waals surface area (Å²) in [5.41, 5.74) is 1.63. The maximum Gasteiger partial charge on any atom is 0.356 e. The Balaban J connectivity index is 1.14. The maximum absolute atomic E-state index is 14.0. The van der Waals surface area contributed by atoms with Crippen LogP contribution in [0.25, 0.3) is 0 Å². The molecule has 7 rings (SSSR count). The number of esters is 1. The standard InChI is InChI=1S/C39H39N9O5S3/c1-38(2,3)53-35(51)32-29(23-56-37-43-45-46-47(37)4)54-22-28-31(34(50)48(28)32)41-33(49)30(44-52-5)27-21-55-36(40-27)42-39(24-15-9-6-10-16-24,25-17-11-7-12-18-25)26-19-13-8-14-20-26/h6-21,28,31H,22-23H2,1-5H3,(H,40,42)(H,41,49). The van der Waals surface area contributed by atoms with Gasteiger partial charge in [0.25, 0.3) is 11.8 Å². The first kappa shape index (κ1) is 38.7. The van der Waals surface area contributed by atoms with E-state index in [0.29, 0.717) is 26.7 Å². The minimum Gasteiger partial charge on any atom is -0.455 e. The third-order valence-corrected chi connectivity index (χ3v) is 12.2. The van der Waals surface area contributed by atoms with E-state index >= 15 is 0 Å². The largest absolute Gasteiger partial charge is 0.455 e. The number of hydrogen-bond acceptors (Lipinski definition) is 14. The number of carbonyl (C=O) groups is 3. The number of ether oxygens (including phenoxy) is 1. The van der Waals surface area contributed by atoms with Crippen molar-refractivity contribution in [3.05, 3.63) is 129 Å². The number of rotatable bonds is 13. The van der Waals surface area contributed by atoms with E-state index in [1.165, 1.54) is 51.6 Å². The average molecular weight is 810 g/mol. The fourth-order valence-corrected chi connectivity index (χ4v) is 9.55. The van der Waals surface area contributed by atoms with Crippen molar-refractivity contribution in [1.29, 1.82) is 0 Å². The molecule has 2 amide bonds. The number of aryl methyl sites for hydroxylation is 1. The maximum atomic E-state index is 14.0. The molecule has 2 aromatic heterocycles. The molecule has 0 spiro atoms. The van der Waals surface area contributed by atoms with Crippen molar-refractivity contribution < 1.29 is 24.0 Å². The molecular formula is C39H39N9O5S3. The highest BCUT2D eigenvalue weighted by Gasteiger charge is 2.54. The Hall–Kier alpha value is -5.52. The molecule has 0 aliphatic carbocycles. The lowest BCUT2D eigenvalue weighted by atomic mass is 9.77. The van der Waals surface area contributed by atoms with Crippen LogP contribution in [0.5, 0.6) is 0 Å². The number of thiazole rings is 1. The molecule has 3 aromatic carbocycles. The Labute approximate surface area is 336 Å². The van der Waals surface area contributed by atoms with E-state index in [9.17, 15) is 14.4 Å². The van der Waals surface area contributed by atoms with Gasteiger partial charge in [0, 0.05) is 28.8 Å². The topological polar surface area (TPSA) is 166 Å². The van der Waals surface area contributed by atoms with Gasteiger partial charge in [0.05, 0.1) is 6.04 Å². The van der Waals surface area contributed by atoms with Crippen LogP contribution in [0.3, 0.4) is 0 Å². The van der Waals surface area contributed by atoms with Gasteiger partial charge in [-0.3, -0.25) is 14.5 Å². The van der Waals surface area contributed by atoms with E-state index in [0.717, 1.165) is 16.7 Å². The Morgan fingerprint density at radius 1 is 0.964 bits per heavy atom. The number of amides is 2. The van der Waals surface area contributed by atoms with Crippen molar-refractivity contribution in [3.8, 4) is 0 Å². The van der Waals surface area contributed by atoms with Crippen molar-refractivity contribution >= 4 is 63.5 Å². The van der Waals surface area contributed by atoms with Gasteiger partial charge >= 0.3 is 5.97 Å². The number of oxime groups is 1. The number of β-lactam (4-membered cyclic amide) rings is 1. The van der Waals surface area contributed by atoms with Crippen molar-refractivity contribution in [1.82, 2.24) is 35.4 Å². The van der Waals surface area contributed by atoms with E-state index in [2.05, 4.69) is 67.7 Å². The Morgan fingerprint density at radius 2 is 1.57 bits per heavy atom. The molecule has 14 nitrogen and oxygen atoms in total. The molecule has 1 fully saturated rings. The first-order valence-electron chi connectivity index (χ1n) is 17.6. The minimum absolute atomic E-state index is 0.103. The van der Waals surface area contributed by atoms with E-state index in [-0.39, 0.29) is 17.1 Å². The third kappa shape index (κ3) is 7.79. The molecule has 2 aliphatic heterocycles. The zero-order valence-corrected chi connectivity index (χ0v) is 33.7. The highest BCUT2D eigenvalue weighted by molar-refractivity contribution is 8.06. The van der Waals surface area contributed by atoms with Gasteiger partial charge in [0.1, 0.15) is 35.7 Å². The van der Waals surface area contributed by atoms with E-state index in [1.54, 1.807) is 33.2 Å². The highest BCUT2D eigenvalue weighted by atomic mass is 32.2. The molecular weight excluding hydrogens is 771 g/mol. The van der Waals surface area contributed by atoms with E-state index < -0.39 is 41.0 Å². The third-order valence-electron chi connectivity index (χ3n) is 9.01. The highest BCUT2D eigenvalue weighted by Crippen LogP contribution is 2.43. The Bertz CT molecular complexity index is 2180. The molecule has 1 saturated heterocycles. The fourth-order valence-electron chi connectivity index (χ4n) is 6.55. The summed E-state index contributed by atoms with van der Waals surface area (Å²) in [6.07, 6.45) is 0. The summed E-state index contributed by atoms with van der Waals surface area (Å²) >= 11 is 4.08. The van der Waals surface area contributed by atoms with Crippen LogP contribution in [0.15, 0.2) is 117 Å². The summed E-state index contributed by atoms with van der Waals surface area (Å²) < 4.78 is 7.27. The quantitative estimate of drug-likeness (QED) is 0.0399. The fraction of sp³-hybridized carbons (Fsp3) is 0.282. The number of benzene rings is 3. The van der Waals surface area contributed by atoms with Gasteiger partial charge in [-0.25, -0.2) is 14.5 Å². The van der Waals surface area contributed by atoms with Crippen LogP contribution in [0, 0.1) is 0 Å². The predicted molar refractivity (Wildman–Crippen MR) is 216 cm³/mol. The van der Waals surface area contributed by atoms with Crippen molar-refractivity contribution in [2.75, 3.05) is 23.9 Å². The minimum atomic E-state index is -0.926. The second-order valence-corrected chi connectivity index (χ2v) is 16.7. The summed E-state index contributed by atoms with van der Waals surface area (Å²) in [6, 6.07) is 28.9. The summed E-state index contributed by atoms with van der Waals surface area (Å²) in [6.45, 7) is 5.29. The first-order chi connectivity index (χ1) is 27.0. The molecule has 4 heterocycles. The second kappa shape index (κ2) is 16.3. The van der Waals surface area contributed by atoms with Gasteiger partial charge in [0.15, 0.2) is 10.8 Å². The zero-order chi connectivity index (χ0) is 39.5. The monoisotopic (exact) mass is 809 g/mol. The summed E-state index contributed by atoms with van der Waals surface area (Å²) in [7, 11) is 3.06.